The van der Waals surface area contributed by atoms with Crippen LogP contribution in [0.3, 0.4) is 0 Å². The summed E-state index contributed by atoms with van der Waals surface area (Å²) < 4.78 is 40.4. The molecular weight excluding hydrogens is 317 g/mol. The van der Waals surface area contributed by atoms with Crippen LogP contribution in [-0.4, -0.2) is 13.5 Å². The number of hydrogen-bond acceptors (Lipinski definition) is 3. The maximum absolute atomic E-state index is 13.3. The number of aryl methyl sites for hydroxylation is 2. The number of halogens is 2. The van der Waals surface area contributed by atoms with Crippen LogP contribution in [0.25, 0.3) is 0 Å². The van der Waals surface area contributed by atoms with Crippen molar-refractivity contribution in [3.05, 3.63) is 52.3 Å². The standard InChI is InChI=1S/C14H13ClFNO3S/c1-8-5-11(16)6-9(2)14(8)21(19,20)17-12-4-3-10(15)7-13(12)18/h3-7,17-18H,1-2H3. The van der Waals surface area contributed by atoms with E-state index in [-0.39, 0.29) is 32.5 Å². The number of rotatable bonds is 3. The highest BCUT2D eigenvalue weighted by Gasteiger charge is 2.21. The van der Waals surface area contributed by atoms with Gasteiger partial charge >= 0.3 is 0 Å². The molecular formula is C14H13ClFNO3S. The molecule has 0 unspecified atom stereocenters. The van der Waals surface area contributed by atoms with Crippen LogP contribution >= 0.6 is 11.6 Å². The van der Waals surface area contributed by atoms with Crippen molar-refractivity contribution in [2.24, 2.45) is 0 Å². The third kappa shape index (κ3) is 3.28. The zero-order chi connectivity index (χ0) is 15.8. The third-order valence-corrected chi connectivity index (χ3v) is 4.80. The predicted octanol–water partition coefficient (Wildman–Crippen LogP) is 3.60. The highest BCUT2D eigenvalue weighted by Crippen LogP contribution is 2.30. The van der Waals surface area contributed by atoms with Crippen LogP contribution in [0.1, 0.15) is 11.1 Å². The van der Waals surface area contributed by atoms with Crippen LogP contribution in [0.5, 0.6) is 5.75 Å². The van der Waals surface area contributed by atoms with Crippen LogP contribution in [0.4, 0.5) is 10.1 Å². The minimum atomic E-state index is -3.95. The molecule has 0 saturated heterocycles. The van der Waals surface area contributed by atoms with Crippen LogP contribution in [0, 0.1) is 19.7 Å². The summed E-state index contributed by atoms with van der Waals surface area (Å²) in [6, 6.07) is 6.31. The van der Waals surface area contributed by atoms with Crippen LogP contribution in [0.15, 0.2) is 35.2 Å². The molecule has 0 saturated carbocycles. The van der Waals surface area contributed by atoms with Gasteiger partial charge in [0.25, 0.3) is 10.0 Å². The summed E-state index contributed by atoms with van der Waals surface area (Å²) in [7, 11) is -3.95. The number of hydrogen-bond donors (Lipinski definition) is 2. The molecule has 21 heavy (non-hydrogen) atoms. The Bertz CT molecular complexity index is 783. The number of aromatic hydroxyl groups is 1. The molecule has 7 heteroatoms. The zero-order valence-electron chi connectivity index (χ0n) is 11.3. The summed E-state index contributed by atoms with van der Waals surface area (Å²) in [6.45, 7) is 3.01. The fourth-order valence-electron chi connectivity index (χ4n) is 2.11. The third-order valence-electron chi connectivity index (χ3n) is 2.90. The van der Waals surface area contributed by atoms with E-state index in [1.165, 1.54) is 32.0 Å². The Hall–Kier alpha value is -1.79. The first-order valence-electron chi connectivity index (χ1n) is 5.99. The van der Waals surface area contributed by atoms with Crippen molar-refractivity contribution in [1.82, 2.24) is 0 Å². The predicted molar refractivity (Wildman–Crippen MR) is 79.8 cm³/mol. The van der Waals surface area contributed by atoms with Gasteiger partial charge in [-0.25, -0.2) is 12.8 Å². The van der Waals surface area contributed by atoms with Gasteiger partial charge < -0.3 is 5.11 Å². The van der Waals surface area contributed by atoms with Gasteiger partial charge in [-0.3, -0.25) is 4.72 Å². The Morgan fingerprint density at radius 3 is 2.24 bits per heavy atom. The lowest BCUT2D eigenvalue weighted by atomic mass is 10.1. The van der Waals surface area contributed by atoms with Gasteiger partial charge in [-0.1, -0.05) is 11.6 Å². The lowest BCUT2D eigenvalue weighted by Gasteiger charge is -2.14. The second-order valence-corrected chi connectivity index (χ2v) is 6.69. The molecule has 0 aliphatic heterocycles. The smallest absolute Gasteiger partial charge is 0.262 e. The Labute approximate surface area is 127 Å². The molecule has 0 aliphatic carbocycles. The second kappa shape index (κ2) is 5.54. The molecule has 0 fully saturated rings. The van der Waals surface area contributed by atoms with Gasteiger partial charge in [-0.15, -0.1) is 0 Å². The Balaban J connectivity index is 2.48. The summed E-state index contributed by atoms with van der Waals surface area (Å²) in [5.41, 5.74) is 0.574. The lowest BCUT2D eigenvalue weighted by Crippen LogP contribution is -2.16. The van der Waals surface area contributed by atoms with E-state index in [1.807, 2.05) is 0 Å². The van der Waals surface area contributed by atoms with Crippen molar-refractivity contribution in [1.29, 1.82) is 0 Å². The van der Waals surface area contributed by atoms with E-state index in [0.29, 0.717) is 0 Å². The van der Waals surface area contributed by atoms with Crippen molar-refractivity contribution in [2.75, 3.05) is 4.72 Å². The van der Waals surface area contributed by atoms with E-state index in [1.54, 1.807) is 0 Å². The van der Waals surface area contributed by atoms with Crippen molar-refractivity contribution in [3.63, 3.8) is 0 Å². The quantitative estimate of drug-likeness (QED) is 0.845. The molecule has 2 N–H and O–H groups in total. The average molecular weight is 330 g/mol. The molecule has 2 rings (SSSR count). The number of benzene rings is 2. The minimum absolute atomic E-state index is 0.00234. The summed E-state index contributed by atoms with van der Waals surface area (Å²) in [5, 5.41) is 9.99. The first kappa shape index (κ1) is 15.6. The molecule has 0 atom stereocenters. The molecule has 0 heterocycles. The Kier molecular flexibility index (Phi) is 4.11. The maximum Gasteiger partial charge on any atom is 0.262 e. The van der Waals surface area contributed by atoms with Crippen molar-refractivity contribution in [2.45, 2.75) is 18.7 Å². The average Bonchev–Trinajstić information content (AvgIpc) is 2.30. The highest BCUT2D eigenvalue weighted by molar-refractivity contribution is 7.92. The van der Waals surface area contributed by atoms with E-state index >= 15 is 0 Å². The molecule has 0 bridgehead atoms. The van der Waals surface area contributed by atoms with E-state index in [2.05, 4.69) is 4.72 Å². The summed E-state index contributed by atoms with van der Waals surface area (Å²) in [6.07, 6.45) is 0. The molecule has 2 aromatic rings. The van der Waals surface area contributed by atoms with Crippen LogP contribution in [-0.2, 0) is 10.0 Å². The molecule has 2 aromatic carbocycles. The number of phenols is 1. The number of anilines is 1. The molecule has 0 aromatic heterocycles. The van der Waals surface area contributed by atoms with Crippen molar-refractivity contribution < 1.29 is 17.9 Å². The van der Waals surface area contributed by atoms with E-state index in [4.69, 9.17) is 11.6 Å². The molecule has 0 amide bonds. The molecule has 4 nitrogen and oxygen atoms in total. The van der Waals surface area contributed by atoms with E-state index in [0.717, 1.165) is 12.1 Å². The largest absolute Gasteiger partial charge is 0.506 e. The van der Waals surface area contributed by atoms with Gasteiger partial charge in [-0.2, -0.15) is 0 Å². The highest BCUT2D eigenvalue weighted by atomic mass is 35.5. The van der Waals surface area contributed by atoms with E-state index < -0.39 is 15.8 Å². The number of phenolic OH excluding ortho intramolecular Hbond substituents is 1. The first-order valence-corrected chi connectivity index (χ1v) is 7.85. The molecule has 0 spiro atoms. The second-order valence-electron chi connectivity index (χ2n) is 4.64. The van der Waals surface area contributed by atoms with Gasteiger partial charge in [0.05, 0.1) is 10.6 Å². The molecule has 0 aliphatic rings. The van der Waals surface area contributed by atoms with Gasteiger partial charge in [-0.05, 0) is 49.2 Å². The summed E-state index contributed by atoms with van der Waals surface area (Å²) in [4.78, 5) is -0.0155. The van der Waals surface area contributed by atoms with E-state index in [9.17, 15) is 17.9 Å². The Morgan fingerprint density at radius 2 is 1.71 bits per heavy atom. The number of nitrogens with one attached hydrogen (secondary N) is 1. The molecule has 112 valence electrons. The van der Waals surface area contributed by atoms with Gasteiger partial charge in [0.1, 0.15) is 11.6 Å². The maximum atomic E-state index is 13.3. The van der Waals surface area contributed by atoms with Crippen molar-refractivity contribution in [3.8, 4) is 5.75 Å². The minimum Gasteiger partial charge on any atom is -0.506 e. The van der Waals surface area contributed by atoms with Crippen molar-refractivity contribution >= 4 is 27.3 Å². The summed E-state index contributed by atoms with van der Waals surface area (Å²) >= 11 is 5.69. The van der Waals surface area contributed by atoms with Gasteiger partial charge in [0, 0.05) is 11.1 Å². The fourth-order valence-corrected chi connectivity index (χ4v) is 3.80. The topological polar surface area (TPSA) is 66.4 Å². The lowest BCUT2D eigenvalue weighted by molar-refractivity contribution is 0.477. The summed E-state index contributed by atoms with van der Waals surface area (Å²) in [5.74, 6) is -0.790. The fraction of sp³-hybridized carbons (Fsp3) is 0.143. The van der Waals surface area contributed by atoms with Gasteiger partial charge in [0.2, 0.25) is 0 Å². The van der Waals surface area contributed by atoms with Crippen LogP contribution < -0.4 is 4.72 Å². The SMILES string of the molecule is Cc1cc(F)cc(C)c1S(=O)(=O)Nc1ccc(Cl)cc1O. The monoisotopic (exact) mass is 329 g/mol. The van der Waals surface area contributed by atoms with Crippen LogP contribution in [0.2, 0.25) is 5.02 Å². The normalized spacial score (nSPS) is 11.4. The zero-order valence-corrected chi connectivity index (χ0v) is 12.9. The number of sulfonamides is 1. The Morgan fingerprint density at radius 1 is 1.14 bits per heavy atom. The first-order chi connectivity index (χ1) is 9.70. The van der Waals surface area contributed by atoms with Gasteiger partial charge in [0.15, 0.2) is 0 Å². The molecule has 0 radical (unpaired) electrons.